The molecule has 0 aliphatic heterocycles. The summed E-state index contributed by atoms with van der Waals surface area (Å²) in [6.45, 7) is 6.39. The highest BCUT2D eigenvalue weighted by Gasteiger charge is 2.35. The van der Waals surface area contributed by atoms with E-state index in [1.165, 1.54) is 25.0 Å². The molecule has 1 aromatic carbocycles. The predicted molar refractivity (Wildman–Crippen MR) is 81.4 cm³/mol. The Kier molecular flexibility index (Phi) is 5.03. The molecule has 0 radical (unpaired) electrons. The maximum Gasteiger partial charge on any atom is 0.123 e. The quantitative estimate of drug-likeness (QED) is 0.885. The van der Waals surface area contributed by atoms with E-state index in [1.54, 1.807) is 0 Å². The van der Waals surface area contributed by atoms with Crippen LogP contribution in [0.5, 0.6) is 0 Å². The summed E-state index contributed by atoms with van der Waals surface area (Å²) < 4.78 is 13.0. The Morgan fingerprint density at radius 3 is 2.35 bits per heavy atom. The Morgan fingerprint density at radius 1 is 1.25 bits per heavy atom. The van der Waals surface area contributed by atoms with E-state index >= 15 is 0 Å². The van der Waals surface area contributed by atoms with Gasteiger partial charge >= 0.3 is 0 Å². The molecule has 0 bridgehead atoms. The van der Waals surface area contributed by atoms with E-state index in [2.05, 4.69) is 18.7 Å². The van der Waals surface area contributed by atoms with Gasteiger partial charge in [0.05, 0.1) is 6.61 Å². The van der Waals surface area contributed by atoms with E-state index in [4.69, 9.17) is 0 Å². The molecule has 1 aliphatic carbocycles. The zero-order chi connectivity index (χ0) is 14.6. The molecule has 0 heterocycles. The van der Waals surface area contributed by atoms with Gasteiger partial charge in [-0.15, -0.1) is 0 Å². The number of nitrogens with zero attached hydrogens (tertiary/aromatic N) is 1. The van der Waals surface area contributed by atoms with Crippen molar-refractivity contribution >= 4 is 5.69 Å². The molecule has 0 unspecified atom stereocenters. The molecule has 112 valence electrons. The van der Waals surface area contributed by atoms with E-state index < -0.39 is 0 Å². The van der Waals surface area contributed by atoms with Crippen LogP contribution in [0.15, 0.2) is 24.3 Å². The number of hydrogen-bond acceptors (Lipinski definition) is 2. The van der Waals surface area contributed by atoms with E-state index in [-0.39, 0.29) is 17.8 Å². The molecule has 20 heavy (non-hydrogen) atoms. The summed E-state index contributed by atoms with van der Waals surface area (Å²) in [6.07, 6.45) is 4.56. The average molecular weight is 279 g/mol. The molecule has 0 atom stereocenters. The third-order valence-corrected chi connectivity index (χ3v) is 4.77. The minimum Gasteiger partial charge on any atom is -0.396 e. The van der Waals surface area contributed by atoms with Crippen LogP contribution in [0, 0.1) is 17.2 Å². The van der Waals surface area contributed by atoms with Gasteiger partial charge in [0.15, 0.2) is 0 Å². The maximum absolute atomic E-state index is 13.0. The molecule has 1 saturated carbocycles. The van der Waals surface area contributed by atoms with E-state index in [9.17, 15) is 9.50 Å². The van der Waals surface area contributed by atoms with E-state index in [1.807, 2.05) is 12.1 Å². The molecule has 0 amide bonds. The monoisotopic (exact) mass is 279 g/mol. The fourth-order valence-corrected chi connectivity index (χ4v) is 3.18. The van der Waals surface area contributed by atoms with Gasteiger partial charge in [0.2, 0.25) is 0 Å². The number of anilines is 1. The van der Waals surface area contributed by atoms with Crippen LogP contribution in [-0.2, 0) is 0 Å². The topological polar surface area (TPSA) is 23.5 Å². The molecule has 2 rings (SSSR count). The van der Waals surface area contributed by atoms with Crippen LogP contribution < -0.4 is 4.90 Å². The molecule has 1 fully saturated rings. The van der Waals surface area contributed by atoms with Crippen LogP contribution >= 0.6 is 0 Å². The summed E-state index contributed by atoms with van der Waals surface area (Å²) in [7, 11) is 0. The number of aliphatic hydroxyl groups excluding tert-OH is 1. The zero-order valence-electron chi connectivity index (χ0n) is 12.6. The fourth-order valence-electron chi connectivity index (χ4n) is 3.18. The summed E-state index contributed by atoms with van der Waals surface area (Å²) in [6, 6.07) is 6.67. The van der Waals surface area contributed by atoms with Crippen molar-refractivity contribution in [2.75, 3.05) is 24.6 Å². The van der Waals surface area contributed by atoms with Gasteiger partial charge in [-0.3, -0.25) is 0 Å². The zero-order valence-corrected chi connectivity index (χ0v) is 12.6. The molecule has 1 aromatic rings. The van der Waals surface area contributed by atoms with Crippen molar-refractivity contribution in [1.82, 2.24) is 0 Å². The Labute approximate surface area is 121 Å². The van der Waals surface area contributed by atoms with Crippen molar-refractivity contribution in [3.05, 3.63) is 30.1 Å². The average Bonchev–Trinajstić information content (AvgIpc) is 2.48. The minimum absolute atomic E-state index is 0.0108. The highest BCUT2D eigenvalue weighted by atomic mass is 19.1. The SMILES string of the molecule is CCN(CC1(CO)CCC(C)CC1)c1ccc(F)cc1. The molecular weight excluding hydrogens is 253 g/mol. The van der Waals surface area contributed by atoms with Gasteiger partial charge in [-0.1, -0.05) is 19.8 Å². The van der Waals surface area contributed by atoms with Crippen molar-refractivity contribution in [2.45, 2.75) is 39.5 Å². The van der Waals surface area contributed by atoms with Crippen LogP contribution in [-0.4, -0.2) is 24.8 Å². The van der Waals surface area contributed by atoms with Gasteiger partial charge in [-0.05, 0) is 49.9 Å². The molecule has 2 nitrogen and oxygen atoms in total. The predicted octanol–water partition coefficient (Wildman–Crippen LogP) is 3.84. The molecule has 0 spiro atoms. The molecule has 0 saturated heterocycles. The minimum atomic E-state index is -0.201. The van der Waals surface area contributed by atoms with Gasteiger partial charge in [0.1, 0.15) is 5.82 Å². The second-order valence-electron chi connectivity index (χ2n) is 6.33. The summed E-state index contributed by atoms with van der Waals surface area (Å²) >= 11 is 0. The van der Waals surface area contributed by atoms with Crippen LogP contribution in [0.4, 0.5) is 10.1 Å². The van der Waals surface area contributed by atoms with Gasteiger partial charge < -0.3 is 10.0 Å². The highest BCUT2D eigenvalue weighted by Crippen LogP contribution is 2.39. The van der Waals surface area contributed by atoms with Crippen LogP contribution in [0.1, 0.15) is 39.5 Å². The molecule has 1 aliphatic rings. The van der Waals surface area contributed by atoms with Gasteiger partial charge in [0.25, 0.3) is 0 Å². The smallest absolute Gasteiger partial charge is 0.123 e. The number of hydrogen-bond donors (Lipinski definition) is 1. The van der Waals surface area contributed by atoms with E-state index in [0.717, 1.165) is 37.5 Å². The van der Waals surface area contributed by atoms with E-state index in [0.29, 0.717) is 0 Å². The van der Waals surface area contributed by atoms with Crippen LogP contribution in [0.25, 0.3) is 0 Å². The maximum atomic E-state index is 13.0. The first kappa shape index (κ1) is 15.3. The van der Waals surface area contributed by atoms with Crippen molar-refractivity contribution < 1.29 is 9.50 Å². The number of aliphatic hydroxyl groups is 1. The van der Waals surface area contributed by atoms with Crippen molar-refractivity contribution in [3.63, 3.8) is 0 Å². The van der Waals surface area contributed by atoms with Gasteiger partial charge in [-0.25, -0.2) is 4.39 Å². The first-order valence-corrected chi connectivity index (χ1v) is 7.70. The first-order valence-electron chi connectivity index (χ1n) is 7.70. The second-order valence-corrected chi connectivity index (χ2v) is 6.33. The lowest BCUT2D eigenvalue weighted by Crippen LogP contribution is -2.42. The normalized spacial score (nSPS) is 26.5. The summed E-state index contributed by atoms with van der Waals surface area (Å²) in [4.78, 5) is 2.26. The van der Waals surface area contributed by atoms with Gasteiger partial charge in [-0.2, -0.15) is 0 Å². The van der Waals surface area contributed by atoms with Crippen LogP contribution in [0.2, 0.25) is 0 Å². The molecule has 0 aromatic heterocycles. The summed E-state index contributed by atoms with van der Waals surface area (Å²) in [5.74, 6) is 0.573. The largest absolute Gasteiger partial charge is 0.396 e. The molecular formula is C17H26FNO. The standard InChI is InChI=1S/C17H26FNO/c1-3-19(16-6-4-15(18)5-7-16)12-17(13-20)10-8-14(2)9-11-17/h4-7,14,20H,3,8-13H2,1-2H3. The Balaban J connectivity index is 2.09. The summed E-state index contributed by atoms with van der Waals surface area (Å²) in [5.41, 5.74) is 1.05. The van der Waals surface area contributed by atoms with Crippen LogP contribution in [0.3, 0.4) is 0 Å². The Hall–Kier alpha value is -1.09. The first-order chi connectivity index (χ1) is 9.58. The molecule has 1 N–H and O–H groups in total. The molecule has 3 heteroatoms. The number of benzene rings is 1. The lowest BCUT2D eigenvalue weighted by Gasteiger charge is -2.42. The lowest BCUT2D eigenvalue weighted by molar-refractivity contribution is 0.0732. The number of halogens is 1. The number of rotatable bonds is 5. The second kappa shape index (κ2) is 6.57. The van der Waals surface area contributed by atoms with Gasteiger partial charge in [0, 0.05) is 24.2 Å². The Bertz CT molecular complexity index is 410. The highest BCUT2D eigenvalue weighted by molar-refractivity contribution is 5.46. The lowest BCUT2D eigenvalue weighted by atomic mass is 9.71. The van der Waals surface area contributed by atoms with Crippen molar-refractivity contribution in [1.29, 1.82) is 0 Å². The van der Waals surface area contributed by atoms with Crippen molar-refractivity contribution in [2.24, 2.45) is 11.3 Å². The Morgan fingerprint density at radius 2 is 1.85 bits per heavy atom. The van der Waals surface area contributed by atoms with Crippen molar-refractivity contribution in [3.8, 4) is 0 Å². The fraction of sp³-hybridized carbons (Fsp3) is 0.647. The summed E-state index contributed by atoms with van der Waals surface area (Å²) in [5, 5.41) is 9.88. The third-order valence-electron chi connectivity index (χ3n) is 4.77. The third kappa shape index (κ3) is 3.51.